The molecule has 0 fully saturated rings. The minimum absolute atomic E-state index is 0.114. The molecular formula is C20H16F2N4. The summed E-state index contributed by atoms with van der Waals surface area (Å²) >= 11 is 0. The number of benzene rings is 2. The van der Waals surface area contributed by atoms with E-state index in [4.69, 9.17) is 0 Å². The lowest BCUT2D eigenvalue weighted by Gasteiger charge is -2.04. The fraction of sp³-hybridized carbons (Fsp3) is 0.100. The molecule has 4 aromatic rings. The van der Waals surface area contributed by atoms with Crippen molar-refractivity contribution in [1.29, 1.82) is 0 Å². The average molecular weight is 350 g/mol. The highest BCUT2D eigenvalue weighted by molar-refractivity contribution is 5.88. The van der Waals surface area contributed by atoms with E-state index in [0.717, 1.165) is 9.36 Å². The van der Waals surface area contributed by atoms with Crippen molar-refractivity contribution in [3.8, 4) is 33.6 Å². The van der Waals surface area contributed by atoms with Crippen LogP contribution in [0, 0.1) is 11.9 Å². The Balaban J connectivity index is 2.04. The molecule has 2 aromatic heterocycles. The van der Waals surface area contributed by atoms with Crippen molar-refractivity contribution >= 4 is 0 Å². The third kappa shape index (κ3) is 2.50. The molecule has 26 heavy (non-hydrogen) atoms. The van der Waals surface area contributed by atoms with E-state index < -0.39 is 11.9 Å². The smallest absolute Gasteiger partial charge is 0.220 e. The molecule has 2 aromatic carbocycles. The van der Waals surface area contributed by atoms with E-state index in [9.17, 15) is 8.78 Å². The second-order valence-corrected chi connectivity index (χ2v) is 6.01. The molecule has 0 saturated heterocycles. The highest BCUT2D eigenvalue weighted by atomic mass is 19.1. The van der Waals surface area contributed by atoms with Crippen molar-refractivity contribution in [3.05, 3.63) is 72.6 Å². The molecule has 0 radical (unpaired) electrons. The summed E-state index contributed by atoms with van der Waals surface area (Å²) in [6.45, 7) is 0. The molecule has 0 aliphatic carbocycles. The van der Waals surface area contributed by atoms with Gasteiger partial charge in [0.2, 0.25) is 11.9 Å². The van der Waals surface area contributed by atoms with Crippen molar-refractivity contribution in [1.82, 2.24) is 19.6 Å². The van der Waals surface area contributed by atoms with E-state index in [-0.39, 0.29) is 11.1 Å². The first-order valence-electron chi connectivity index (χ1n) is 8.14. The summed E-state index contributed by atoms with van der Waals surface area (Å²) in [5.74, 6) is -1.21. The molecule has 0 saturated carbocycles. The minimum Gasteiger partial charge on any atom is -0.242 e. The van der Waals surface area contributed by atoms with Gasteiger partial charge in [-0.15, -0.1) is 0 Å². The Morgan fingerprint density at radius 2 is 0.962 bits per heavy atom. The molecule has 0 unspecified atom stereocenters. The average Bonchev–Trinajstić information content (AvgIpc) is 3.13. The zero-order valence-corrected chi connectivity index (χ0v) is 14.3. The Morgan fingerprint density at radius 3 is 1.31 bits per heavy atom. The van der Waals surface area contributed by atoms with Crippen molar-refractivity contribution in [2.45, 2.75) is 0 Å². The predicted octanol–water partition coefficient (Wildman–Crippen LogP) is 4.43. The second kappa shape index (κ2) is 6.22. The molecule has 0 amide bonds. The molecule has 4 rings (SSSR count). The normalized spacial score (nSPS) is 11.1. The summed E-state index contributed by atoms with van der Waals surface area (Å²) in [4.78, 5) is 0. The van der Waals surface area contributed by atoms with Gasteiger partial charge < -0.3 is 0 Å². The predicted molar refractivity (Wildman–Crippen MR) is 96.2 cm³/mol. The molecular weight excluding hydrogens is 334 g/mol. The Hall–Kier alpha value is -3.28. The molecule has 0 spiro atoms. The Morgan fingerprint density at radius 1 is 0.615 bits per heavy atom. The zero-order chi connectivity index (χ0) is 18.3. The number of hydrogen-bond acceptors (Lipinski definition) is 2. The van der Waals surface area contributed by atoms with Gasteiger partial charge in [0, 0.05) is 25.2 Å². The number of aryl methyl sites for hydroxylation is 2. The number of nitrogens with zero attached hydrogens (tertiary/aromatic N) is 4. The molecule has 4 nitrogen and oxygen atoms in total. The van der Waals surface area contributed by atoms with Gasteiger partial charge in [0.25, 0.3) is 0 Å². The van der Waals surface area contributed by atoms with Gasteiger partial charge in [-0.25, -0.2) is 9.36 Å². The first-order valence-corrected chi connectivity index (χ1v) is 8.14. The number of halogens is 2. The van der Waals surface area contributed by atoms with Crippen molar-refractivity contribution in [2.24, 2.45) is 14.1 Å². The lowest BCUT2D eigenvalue weighted by molar-refractivity contribution is 0.497. The van der Waals surface area contributed by atoms with E-state index in [2.05, 4.69) is 10.2 Å². The lowest BCUT2D eigenvalue weighted by atomic mass is 9.98. The third-order valence-corrected chi connectivity index (χ3v) is 4.30. The lowest BCUT2D eigenvalue weighted by Crippen LogP contribution is -1.96. The van der Waals surface area contributed by atoms with Crippen LogP contribution in [0.25, 0.3) is 33.6 Å². The molecule has 0 atom stereocenters. The van der Waals surface area contributed by atoms with E-state index in [1.807, 2.05) is 60.7 Å². The Bertz CT molecular complexity index is 979. The highest BCUT2D eigenvalue weighted by Gasteiger charge is 2.28. The van der Waals surface area contributed by atoms with Crippen molar-refractivity contribution in [2.75, 3.05) is 0 Å². The van der Waals surface area contributed by atoms with Gasteiger partial charge in [0.05, 0.1) is 11.1 Å². The minimum atomic E-state index is -0.604. The maximum absolute atomic E-state index is 15.0. The van der Waals surface area contributed by atoms with Crippen LogP contribution in [0.1, 0.15) is 0 Å². The topological polar surface area (TPSA) is 35.6 Å². The molecule has 130 valence electrons. The fourth-order valence-electron chi connectivity index (χ4n) is 3.05. The van der Waals surface area contributed by atoms with E-state index in [1.54, 1.807) is 0 Å². The maximum Gasteiger partial charge on any atom is 0.220 e. The number of hydrogen-bond donors (Lipinski definition) is 0. The van der Waals surface area contributed by atoms with Crippen LogP contribution in [0.2, 0.25) is 0 Å². The van der Waals surface area contributed by atoms with Crippen LogP contribution in [0.15, 0.2) is 60.7 Å². The van der Waals surface area contributed by atoms with Crippen LogP contribution in [0.3, 0.4) is 0 Å². The van der Waals surface area contributed by atoms with Crippen LogP contribution in [-0.2, 0) is 14.1 Å². The van der Waals surface area contributed by atoms with Gasteiger partial charge in [-0.2, -0.15) is 19.0 Å². The highest BCUT2D eigenvalue weighted by Crippen LogP contribution is 2.40. The van der Waals surface area contributed by atoms with E-state index >= 15 is 0 Å². The molecule has 0 aliphatic heterocycles. The molecule has 2 heterocycles. The largest absolute Gasteiger partial charge is 0.242 e. The van der Waals surface area contributed by atoms with Crippen LogP contribution in [-0.4, -0.2) is 19.6 Å². The Kier molecular flexibility index (Phi) is 3.88. The fourth-order valence-corrected chi connectivity index (χ4v) is 3.05. The zero-order valence-electron chi connectivity index (χ0n) is 14.3. The number of aromatic nitrogens is 4. The van der Waals surface area contributed by atoms with E-state index in [1.165, 1.54) is 14.1 Å². The number of rotatable bonds is 3. The summed E-state index contributed by atoms with van der Waals surface area (Å²) in [6.07, 6.45) is 0. The maximum atomic E-state index is 15.0. The molecule has 0 N–H and O–H groups in total. The van der Waals surface area contributed by atoms with Crippen LogP contribution >= 0.6 is 0 Å². The molecule has 0 bridgehead atoms. The van der Waals surface area contributed by atoms with Crippen LogP contribution in [0.4, 0.5) is 8.78 Å². The van der Waals surface area contributed by atoms with Crippen molar-refractivity contribution in [3.63, 3.8) is 0 Å². The van der Waals surface area contributed by atoms with Gasteiger partial charge in [-0.05, 0) is 0 Å². The summed E-state index contributed by atoms with van der Waals surface area (Å²) in [7, 11) is 3.00. The van der Waals surface area contributed by atoms with E-state index in [0.29, 0.717) is 22.5 Å². The van der Waals surface area contributed by atoms with Gasteiger partial charge >= 0.3 is 0 Å². The molecule has 0 aliphatic rings. The van der Waals surface area contributed by atoms with Crippen LogP contribution in [0.5, 0.6) is 0 Å². The van der Waals surface area contributed by atoms with Gasteiger partial charge in [-0.1, -0.05) is 60.7 Å². The first-order chi connectivity index (χ1) is 12.6. The third-order valence-electron chi connectivity index (χ3n) is 4.30. The molecule has 6 heteroatoms. The monoisotopic (exact) mass is 350 g/mol. The summed E-state index contributed by atoms with van der Waals surface area (Å²) in [5.41, 5.74) is 2.42. The van der Waals surface area contributed by atoms with Crippen molar-refractivity contribution < 1.29 is 8.78 Å². The standard InChI is InChI=1S/C20H16F2N4/c1-25-19(21)15(17(23-25)13-9-5-3-6-10-13)16-18(24-26(2)20(16)22)14-11-7-4-8-12-14/h3-12H,1-2H3. The summed E-state index contributed by atoms with van der Waals surface area (Å²) < 4.78 is 32.2. The summed E-state index contributed by atoms with van der Waals surface area (Å²) in [6, 6.07) is 18.4. The van der Waals surface area contributed by atoms with Gasteiger partial charge in [0.15, 0.2) is 0 Å². The SMILES string of the molecule is Cn1nc(-c2ccccc2)c(-c2c(-c3ccccc3)nn(C)c2F)c1F. The van der Waals surface area contributed by atoms with Gasteiger partial charge in [0.1, 0.15) is 11.4 Å². The quantitative estimate of drug-likeness (QED) is 0.548. The first kappa shape index (κ1) is 16.2. The van der Waals surface area contributed by atoms with Gasteiger partial charge in [-0.3, -0.25) is 0 Å². The van der Waals surface area contributed by atoms with Crippen LogP contribution < -0.4 is 0 Å². The second-order valence-electron chi connectivity index (χ2n) is 6.01. The Labute approximate surface area is 149 Å². The summed E-state index contributed by atoms with van der Waals surface area (Å²) in [5, 5.41) is 8.56.